The summed E-state index contributed by atoms with van der Waals surface area (Å²) in [4.78, 5) is 0. The van der Waals surface area contributed by atoms with Crippen LogP contribution in [-0.4, -0.2) is 61.8 Å². The van der Waals surface area contributed by atoms with Crippen molar-refractivity contribution in [3.63, 3.8) is 0 Å². The second kappa shape index (κ2) is 60.9. The van der Waals surface area contributed by atoms with Crippen molar-refractivity contribution in [2.24, 2.45) is 118 Å². The van der Waals surface area contributed by atoms with Crippen LogP contribution in [0.1, 0.15) is 471 Å². The summed E-state index contributed by atoms with van der Waals surface area (Å²) in [5.74, 6) is -1.27. The molecular weight excluding hydrogens is 1780 g/mol. The molecule has 0 aliphatic carbocycles. The first-order chi connectivity index (χ1) is 58.0. The van der Waals surface area contributed by atoms with Crippen molar-refractivity contribution in [3.8, 4) is 0 Å². The third-order valence-corrected chi connectivity index (χ3v) is 31.7. The summed E-state index contributed by atoms with van der Waals surface area (Å²) in [5, 5.41) is 0. The van der Waals surface area contributed by atoms with E-state index in [0.717, 1.165) is 0 Å². The normalized spacial score (nSPS) is 17.0. The molecule has 30 heteroatoms. The summed E-state index contributed by atoms with van der Waals surface area (Å²) >= 11 is 0. The van der Waals surface area contributed by atoms with Crippen LogP contribution in [0.5, 0.6) is 0 Å². The second-order valence-corrected chi connectivity index (χ2v) is 41.1. The maximum Gasteiger partial charge on any atom is 0.394 e. The number of halogens is 30. The molecule has 8 atom stereocenters. The van der Waals surface area contributed by atoms with Crippen molar-refractivity contribution < 1.29 is 132 Å². The van der Waals surface area contributed by atoms with Crippen LogP contribution in [0.2, 0.25) is 0 Å². The molecule has 0 nitrogen and oxygen atoms in total. The molecule has 0 saturated carbocycles. The average molecular weight is 1980 g/mol. The van der Waals surface area contributed by atoms with Gasteiger partial charge in [-0.15, -0.1) is 0 Å². The van der Waals surface area contributed by atoms with E-state index in [-0.39, 0.29) is 137 Å². The highest BCUT2D eigenvalue weighted by Gasteiger charge is 2.63. The van der Waals surface area contributed by atoms with Crippen LogP contribution < -0.4 is 0 Å². The number of alkyl halides is 30. The quantitative estimate of drug-likeness (QED) is 0.0541. The fourth-order valence-electron chi connectivity index (χ4n) is 18.8. The zero-order valence-electron chi connectivity index (χ0n) is 89.6. The zero-order chi connectivity index (χ0) is 108. The van der Waals surface area contributed by atoms with Crippen molar-refractivity contribution >= 4 is 0 Å². The Morgan fingerprint density at radius 2 is 0.359 bits per heavy atom. The lowest BCUT2D eigenvalue weighted by Crippen LogP contribution is -2.48. The van der Waals surface area contributed by atoms with Crippen molar-refractivity contribution in [1.29, 1.82) is 0 Å². The Bertz CT molecular complexity index is 2750. The topological polar surface area (TPSA) is 0 Å². The van der Waals surface area contributed by atoms with E-state index in [9.17, 15) is 132 Å². The molecule has 0 aromatic rings. The Balaban J connectivity index is -0.000000156. The van der Waals surface area contributed by atoms with Gasteiger partial charge in [0.2, 0.25) is 0 Å². The monoisotopic (exact) mass is 1980 g/mol. The van der Waals surface area contributed by atoms with Gasteiger partial charge in [0.25, 0.3) is 0 Å². The summed E-state index contributed by atoms with van der Waals surface area (Å²) in [6.07, 6.45) is -30.1. The van der Waals surface area contributed by atoms with Crippen LogP contribution >= 0.6 is 0 Å². The highest BCUT2D eigenvalue weighted by Crippen LogP contribution is 2.61. The van der Waals surface area contributed by atoms with E-state index >= 15 is 0 Å². The molecule has 0 heterocycles. The van der Waals surface area contributed by atoms with E-state index in [1.165, 1.54) is 69.2 Å². The molecule has 0 amide bonds. The molecule has 806 valence electrons. The molecule has 0 N–H and O–H groups in total. The van der Waals surface area contributed by atoms with Crippen molar-refractivity contribution in [2.75, 3.05) is 0 Å². The molecule has 131 heavy (non-hydrogen) atoms. The predicted molar refractivity (Wildman–Crippen MR) is 490 cm³/mol. The maximum atomic E-state index is 13.3. The van der Waals surface area contributed by atoms with E-state index < -0.39 is 127 Å². The van der Waals surface area contributed by atoms with Gasteiger partial charge < -0.3 is 0 Å². The molecule has 0 aromatic carbocycles. The van der Waals surface area contributed by atoms with Crippen LogP contribution in [0.3, 0.4) is 0 Å². The summed E-state index contributed by atoms with van der Waals surface area (Å²) in [7, 11) is 0. The van der Waals surface area contributed by atoms with Gasteiger partial charge in [-0.05, 0) is 173 Å². The third kappa shape index (κ3) is 43.1. The highest BCUT2D eigenvalue weighted by atomic mass is 19.4. The first-order valence-electron chi connectivity index (χ1n) is 48.7. The van der Waals surface area contributed by atoms with Crippen LogP contribution in [0, 0.1) is 118 Å². The molecule has 0 radical (unpaired) electrons. The van der Waals surface area contributed by atoms with Crippen molar-refractivity contribution in [3.05, 3.63) is 0 Å². The fourth-order valence-corrected chi connectivity index (χ4v) is 18.8. The summed E-state index contributed by atoms with van der Waals surface area (Å²) < 4.78 is 382. The average Bonchev–Trinajstić information content (AvgIpc) is 0.757. The smallest absolute Gasteiger partial charge is 0.171 e. The van der Waals surface area contributed by atoms with E-state index in [1.54, 1.807) is 96.9 Å². The standard InChI is InChI=1S/C13H25F3.2C12H23F3.2C11H21F3.C10H19F3.C9H17F3.2C8H15F3.C7H13F3/c1-7-8-12(6,13(14,15)16)11(9(2)3)10(4)5;1-7-11(6,12(13,14)15)10(8(2)3)9(4)5;1-6-9-11(5,12(13,14)15)10(4,7-2)8-3;1-6-9(4,7-2)10(5,8-3)11(12,13)14;1-5-8-10(4,11(12,13)14)9(6-2)7-3;1-5-8(6-2)9(4,7-3)10(11,12)13;1-4-6-8(3,7-5-2)9(10,11)12;1-5-7(4,6(2)3)8(9,10)11;1-4-6-7(3,5-2)8(9,10)11;1-4-6(3,5-2)7(8,9)10/h9-11H,7-8H2,1-6H3;8-10H,7H2,1-6H3;6-9H2,1-5H3;6-8H2,1-5H3;9H,5-8H2,1-4H3;8H,5-7H2,1-4H3;4-7H2,1-3H3;6H,5H2,1-4H3;4-6H2,1-3H3;4-5H2,1-3H3. The van der Waals surface area contributed by atoms with Crippen LogP contribution in [0.4, 0.5) is 132 Å². The number of hydrogen-bond donors (Lipinski definition) is 0. The second-order valence-electron chi connectivity index (χ2n) is 41.1. The van der Waals surface area contributed by atoms with Crippen LogP contribution in [0.25, 0.3) is 0 Å². The molecule has 0 rings (SSSR count). The minimum absolute atomic E-state index is 0.0524. The lowest BCUT2D eigenvalue weighted by atomic mass is 9.60. The molecule has 8 unspecified atom stereocenters. The van der Waals surface area contributed by atoms with E-state index in [2.05, 4.69) is 0 Å². The Labute approximate surface area is 779 Å². The lowest BCUT2D eigenvalue weighted by molar-refractivity contribution is -0.261. The summed E-state index contributed by atoms with van der Waals surface area (Å²) in [6, 6.07) is 0. The van der Waals surface area contributed by atoms with Gasteiger partial charge in [-0.3, -0.25) is 0 Å². The molecule has 0 aliphatic rings. The van der Waals surface area contributed by atoms with Crippen LogP contribution in [0.15, 0.2) is 0 Å². The van der Waals surface area contributed by atoms with E-state index in [1.807, 2.05) is 132 Å². The van der Waals surface area contributed by atoms with E-state index in [0.29, 0.717) is 89.9 Å². The van der Waals surface area contributed by atoms with Gasteiger partial charge in [0.05, 0.1) is 54.1 Å². The molecule has 0 fully saturated rings. The Morgan fingerprint density at radius 3 is 0.473 bits per heavy atom. The molecular formula is C101H192F30. The molecule has 0 aliphatic heterocycles. The van der Waals surface area contributed by atoms with Gasteiger partial charge >= 0.3 is 61.8 Å². The molecule has 0 saturated heterocycles. The SMILES string of the molecule is CCC(C)(C(C(C)C)C(C)C)C(F)(F)F.CCC(C)(C(C)C)C(F)(F)F.CCC(C)(CC)C(C)(CC)C(F)(F)F.CCC(C)(CC)C(F)(F)F.CCC(CC)C(C)(CC)C(F)(F)F.CCCC(C)(C(C(C)C)C(C)C)C(F)(F)F.CCCC(C)(C(CC)CC)C(F)(F)F.CCCC(C)(C(F)(F)F)C(C)(CC)CC.CCCC(C)(CC)C(F)(F)F.CCCC(C)(CCC)C(F)(F)F. The molecule has 0 aromatic heterocycles. The maximum absolute atomic E-state index is 13.3. The van der Waals surface area contributed by atoms with Gasteiger partial charge in [-0.25, -0.2) is 0 Å². The lowest BCUT2D eigenvalue weighted by Gasteiger charge is -2.47. The van der Waals surface area contributed by atoms with Gasteiger partial charge in [0.15, 0.2) is 0 Å². The van der Waals surface area contributed by atoms with Gasteiger partial charge in [0, 0.05) is 0 Å². The number of hydrogen-bond acceptors (Lipinski definition) is 0. The minimum atomic E-state index is -4.11. The Hall–Kier alpha value is -2.10. The Kier molecular flexibility index (Phi) is 69.3. The predicted octanol–water partition coefficient (Wildman–Crippen LogP) is 44.3. The summed E-state index contributed by atoms with van der Waals surface area (Å²) in [5.41, 5.74) is -16.5. The molecule has 0 bridgehead atoms. The Morgan fingerprint density at radius 1 is 0.160 bits per heavy atom. The van der Waals surface area contributed by atoms with Gasteiger partial charge in [-0.1, -0.05) is 362 Å². The van der Waals surface area contributed by atoms with Gasteiger partial charge in [-0.2, -0.15) is 132 Å². The first-order valence-corrected chi connectivity index (χ1v) is 48.7. The van der Waals surface area contributed by atoms with Crippen molar-refractivity contribution in [2.45, 2.75) is 533 Å². The van der Waals surface area contributed by atoms with Crippen molar-refractivity contribution in [1.82, 2.24) is 0 Å². The van der Waals surface area contributed by atoms with Crippen LogP contribution in [-0.2, 0) is 0 Å². The molecule has 0 spiro atoms. The minimum Gasteiger partial charge on any atom is -0.171 e. The largest absolute Gasteiger partial charge is 0.394 e. The zero-order valence-corrected chi connectivity index (χ0v) is 89.6. The van der Waals surface area contributed by atoms with Gasteiger partial charge in [0.1, 0.15) is 0 Å². The highest BCUT2D eigenvalue weighted by molar-refractivity contribution is 4.99. The summed E-state index contributed by atoms with van der Waals surface area (Å²) in [6.45, 7) is 71.8. The van der Waals surface area contributed by atoms with E-state index in [4.69, 9.17) is 0 Å². The fraction of sp³-hybridized carbons (Fsp3) is 1.00. The third-order valence-electron chi connectivity index (χ3n) is 31.7. The first kappa shape index (κ1) is 149. The number of rotatable bonds is 38.